The van der Waals surface area contributed by atoms with Crippen molar-refractivity contribution < 1.29 is 9.47 Å². The van der Waals surface area contributed by atoms with Crippen LogP contribution in [0, 0.1) is 0 Å². The van der Waals surface area contributed by atoms with Gasteiger partial charge in [0.25, 0.3) is 0 Å². The average molecular weight is 1420 g/mol. The van der Waals surface area contributed by atoms with Crippen LogP contribution in [0.4, 0.5) is 45.5 Å². The molecule has 0 spiro atoms. The molecular weight excluding hydrogens is 1360 g/mol. The highest BCUT2D eigenvalue weighted by atomic mass is 79.9. The maximum absolute atomic E-state index is 6.80. The largest absolute Gasteiger partial charge is 0.455 e. The summed E-state index contributed by atoms with van der Waals surface area (Å²) in [6, 6.07) is 77.6. The van der Waals surface area contributed by atoms with Gasteiger partial charge in [0.1, 0.15) is 23.0 Å². The van der Waals surface area contributed by atoms with E-state index in [1.807, 2.05) is 24.3 Å². The lowest BCUT2D eigenvalue weighted by Gasteiger charge is -2.42. The standard InChI is InChI=1S/C42H34N2OS.C15H15N.C12H6Br2OS.CH4.H9P7/c1-41(2)29-13-5-9-17-33(29)43(34-18-10-6-14-30(34)41)27-21-23-39-37(25-27)45-38-26-28(22-24-40(38)46-39)44-35-19-11-7-15-31(35)42(3,4)32-16-8-12-20-36(32)44;1-15(2)11-7-3-5-9-13(11)16-14-10-6-4-8-12(14)15;13-7-1-3-11-9(5-7)15-10-6-8(14)2-4-12(10)16-11;;1-5-7(4)6(2)3/h5-26H,1-4H3;3-10,16H,1-2H3;1-6H;1H4;5H,1-4H2. The van der Waals surface area contributed by atoms with Gasteiger partial charge in [0, 0.05) is 60.1 Å². The molecule has 6 atom stereocenters. The van der Waals surface area contributed by atoms with Gasteiger partial charge in [0.15, 0.2) is 0 Å². The van der Waals surface area contributed by atoms with Crippen molar-refractivity contribution in [2.75, 3.05) is 15.1 Å². The molecule has 6 unspecified atom stereocenters. The number of rotatable bonds is 4. The third-order valence-corrected chi connectivity index (χ3v) is 49.9. The number of halogens is 2. The molecular formula is C70H68Br2N3O2P7S2. The first-order valence-electron chi connectivity index (χ1n) is 27.8. The molecule has 15 rings (SSSR count). The van der Waals surface area contributed by atoms with Crippen LogP contribution in [-0.2, 0) is 16.2 Å². The van der Waals surface area contributed by atoms with Crippen LogP contribution in [0.5, 0.6) is 23.0 Å². The monoisotopic (exact) mass is 1420 g/mol. The Labute approximate surface area is 546 Å². The Kier molecular flexibility index (Phi) is 19.5. The number of nitrogens with zero attached hydrogens (tertiary/aromatic N) is 2. The van der Waals surface area contributed by atoms with E-state index in [1.165, 1.54) is 67.5 Å². The Hall–Kier alpha value is -4.13. The molecule has 86 heavy (non-hydrogen) atoms. The fourth-order valence-corrected chi connectivity index (χ4v) is 30.5. The van der Waals surface area contributed by atoms with Crippen LogP contribution >= 0.6 is 113 Å². The number of hydrogen-bond acceptors (Lipinski definition) is 7. The highest BCUT2D eigenvalue weighted by molar-refractivity contribution is 9.10. The summed E-state index contributed by atoms with van der Waals surface area (Å²) in [5.74, 6) is 3.58. The Morgan fingerprint density at radius 3 is 1.02 bits per heavy atom. The summed E-state index contributed by atoms with van der Waals surface area (Å²) in [6.45, 7) is 14.3. The van der Waals surface area contributed by atoms with E-state index < -0.39 is 0 Å². The average Bonchev–Trinajstić information content (AvgIpc) is 0.892. The first-order chi connectivity index (χ1) is 40.9. The van der Waals surface area contributed by atoms with Gasteiger partial charge in [0.2, 0.25) is 0 Å². The summed E-state index contributed by atoms with van der Waals surface area (Å²) in [6.07, 6.45) is 0. The lowest BCUT2D eigenvalue weighted by Crippen LogP contribution is -2.30. The second-order valence-corrected chi connectivity index (χ2v) is 48.7. The van der Waals surface area contributed by atoms with Crippen molar-refractivity contribution in [2.45, 2.75) is 84.8 Å². The Bertz CT molecular complexity index is 3840. The van der Waals surface area contributed by atoms with Crippen molar-refractivity contribution in [3.8, 4) is 23.0 Å². The highest BCUT2D eigenvalue weighted by Crippen LogP contribution is 2.92. The van der Waals surface area contributed by atoms with E-state index in [9.17, 15) is 0 Å². The smallest absolute Gasteiger partial charge is 0.143 e. The number of hydrogen-bond donors (Lipinski definition) is 1. The minimum atomic E-state index is -0.0967. The topological polar surface area (TPSA) is 37.0 Å². The van der Waals surface area contributed by atoms with Gasteiger partial charge in [-0.05, 0) is 144 Å². The van der Waals surface area contributed by atoms with Gasteiger partial charge in [-0.25, -0.2) is 0 Å². The summed E-state index contributed by atoms with van der Waals surface area (Å²) >= 11 is 10.4. The van der Waals surface area contributed by atoms with Crippen LogP contribution in [0.3, 0.4) is 0 Å². The van der Waals surface area contributed by atoms with Gasteiger partial charge in [-0.15, -0.1) is 35.7 Å². The quantitative estimate of drug-likeness (QED) is 0.176. The van der Waals surface area contributed by atoms with E-state index in [4.69, 9.17) is 9.47 Å². The first kappa shape index (κ1) is 63.4. The lowest BCUT2D eigenvalue weighted by molar-refractivity contribution is 0.453. The summed E-state index contributed by atoms with van der Waals surface area (Å²) in [4.78, 5) is 9.33. The normalized spacial score (nSPS) is 15.3. The second-order valence-electron chi connectivity index (χ2n) is 22.5. The predicted octanol–water partition coefficient (Wildman–Crippen LogP) is 26.0. The molecule has 0 radical (unpaired) electrons. The van der Waals surface area contributed by atoms with Crippen molar-refractivity contribution in [3.63, 3.8) is 0 Å². The zero-order valence-electron chi connectivity index (χ0n) is 47.8. The van der Waals surface area contributed by atoms with E-state index in [-0.39, 0.29) is 37.6 Å². The molecule has 0 saturated heterocycles. The predicted molar refractivity (Wildman–Crippen MR) is 399 cm³/mol. The molecule has 5 heterocycles. The molecule has 0 saturated carbocycles. The SMILES string of the molecule is Brc1ccc2c(c1)Oc1cc(Br)ccc1S2.C.CC1(C)c2ccccc2N(c2ccc3c(c2)Oc2cc(N4c5ccccc5C(C)(C)c5ccccc54)ccc2S3)c2ccccc21.CC1(C)c2ccccc2Nc2ccccc21.PPP(P)P(P)P. The lowest BCUT2D eigenvalue weighted by atomic mass is 9.73. The molecule has 10 aromatic carbocycles. The Morgan fingerprint density at radius 1 is 0.407 bits per heavy atom. The molecule has 16 heteroatoms. The molecule has 0 aliphatic carbocycles. The highest BCUT2D eigenvalue weighted by Gasteiger charge is 2.39. The molecule has 0 aromatic heterocycles. The van der Waals surface area contributed by atoms with Gasteiger partial charge < -0.3 is 24.6 Å². The first-order valence-corrected chi connectivity index (χ1v) is 42.9. The van der Waals surface area contributed by atoms with Gasteiger partial charge in [0.05, 0.1) is 42.3 Å². The van der Waals surface area contributed by atoms with E-state index in [2.05, 4.69) is 318 Å². The summed E-state index contributed by atoms with van der Waals surface area (Å²) < 4.78 is 14.7. The molecule has 10 aromatic rings. The number of anilines is 8. The van der Waals surface area contributed by atoms with E-state index in [0.717, 1.165) is 70.9 Å². The van der Waals surface area contributed by atoms with Crippen molar-refractivity contribution in [1.29, 1.82) is 0 Å². The molecule has 0 fully saturated rings. The van der Waals surface area contributed by atoms with Crippen LogP contribution in [0.25, 0.3) is 0 Å². The number of fused-ring (bicyclic) bond motifs is 10. The third kappa shape index (κ3) is 12.4. The van der Waals surface area contributed by atoms with Gasteiger partial charge in [-0.2, -0.15) is 0 Å². The number of para-hydroxylation sites is 6. The minimum absolute atomic E-state index is 0. The molecule has 1 N–H and O–H groups in total. The molecule has 5 aliphatic heterocycles. The number of ether oxygens (including phenoxy) is 2. The van der Waals surface area contributed by atoms with Crippen LogP contribution in [0.15, 0.2) is 247 Å². The van der Waals surface area contributed by atoms with Crippen LogP contribution in [-0.4, -0.2) is 0 Å². The fraction of sp³-hybridized carbons (Fsp3) is 0.143. The Morgan fingerprint density at radius 2 is 0.698 bits per heavy atom. The Balaban J connectivity index is 0.000000155. The van der Waals surface area contributed by atoms with Crippen LogP contribution in [0.1, 0.15) is 82.3 Å². The zero-order valence-corrected chi connectivity index (χ0v) is 60.0. The van der Waals surface area contributed by atoms with Crippen molar-refractivity contribution in [2.24, 2.45) is 0 Å². The summed E-state index contributed by atoms with van der Waals surface area (Å²) in [5.41, 5.74) is 17.4. The van der Waals surface area contributed by atoms with Gasteiger partial charge in [-0.1, -0.05) is 222 Å². The fourth-order valence-electron chi connectivity index (χ4n) is 11.9. The molecule has 0 amide bonds. The summed E-state index contributed by atoms with van der Waals surface area (Å²) in [7, 11) is 12.4. The number of benzene rings is 10. The number of nitrogens with one attached hydrogen (secondary N) is 1. The molecule has 436 valence electrons. The van der Waals surface area contributed by atoms with E-state index in [0.29, 0.717) is 0 Å². The maximum Gasteiger partial charge on any atom is 0.143 e. The van der Waals surface area contributed by atoms with Crippen molar-refractivity contribution in [3.05, 3.63) is 261 Å². The van der Waals surface area contributed by atoms with Gasteiger partial charge >= 0.3 is 0 Å². The molecule has 5 aliphatic rings. The van der Waals surface area contributed by atoms with E-state index in [1.54, 1.807) is 23.5 Å². The molecule has 5 nitrogen and oxygen atoms in total. The zero-order chi connectivity index (χ0) is 59.4. The van der Waals surface area contributed by atoms with Gasteiger partial charge in [-0.3, -0.25) is 0 Å². The summed E-state index contributed by atoms with van der Waals surface area (Å²) in [5, 5.41) is 3.50. The van der Waals surface area contributed by atoms with Crippen LogP contribution in [0.2, 0.25) is 0 Å². The maximum atomic E-state index is 6.80. The van der Waals surface area contributed by atoms with Crippen molar-refractivity contribution in [1.82, 2.24) is 0 Å². The van der Waals surface area contributed by atoms with E-state index >= 15 is 0 Å². The van der Waals surface area contributed by atoms with Crippen LogP contribution < -0.4 is 24.6 Å². The molecule has 0 bridgehead atoms. The van der Waals surface area contributed by atoms with Crippen molar-refractivity contribution >= 4 is 159 Å². The minimum Gasteiger partial charge on any atom is -0.455 e. The third-order valence-electron chi connectivity index (χ3n) is 16.2. The second kappa shape index (κ2) is 26.4.